The molecular formula is C17H29N3S. The summed E-state index contributed by atoms with van der Waals surface area (Å²) in [5.74, 6) is 0. The summed E-state index contributed by atoms with van der Waals surface area (Å²) in [6.45, 7) is 6.77. The Morgan fingerprint density at radius 3 is 2.67 bits per heavy atom. The van der Waals surface area contributed by atoms with Crippen LogP contribution in [0.15, 0.2) is 5.38 Å². The van der Waals surface area contributed by atoms with Gasteiger partial charge in [-0.3, -0.25) is 4.90 Å². The van der Waals surface area contributed by atoms with Crippen molar-refractivity contribution in [3.8, 4) is 0 Å². The fourth-order valence-corrected chi connectivity index (χ4v) is 3.97. The molecule has 2 saturated carbocycles. The van der Waals surface area contributed by atoms with Crippen LogP contribution >= 0.6 is 11.3 Å². The Bertz CT molecular complexity index is 454. The number of hydrogen-bond donors (Lipinski definition) is 1. The normalized spacial score (nSPS) is 22.9. The van der Waals surface area contributed by atoms with Gasteiger partial charge in [-0.15, -0.1) is 11.3 Å². The molecule has 4 heteroatoms. The Morgan fingerprint density at radius 2 is 2.00 bits per heavy atom. The molecule has 0 atom stereocenters. The van der Waals surface area contributed by atoms with E-state index in [1.165, 1.54) is 49.2 Å². The van der Waals surface area contributed by atoms with E-state index in [1.54, 1.807) is 0 Å². The van der Waals surface area contributed by atoms with Gasteiger partial charge in [0.15, 0.2) is 0 Å². The van der Waals surface area contributed by atoms with Gasteiger partial charge < -0.3 is 5.32 Å². The minimum atomic E-state index is 0.555. The average molecular weight is 308 g/mol. The van der Waals surface area contributed by atoms with Gasteiger partial charge >= 0.3 is 0 Å². The Balaban J connectivity index is 1.46. The summed E-state index contributed by atoms with van der Waals surface area (Å²) in [5.41, 5.74) is 1.81. The van der Waals surface area contributed by atoms with Crippen molar-refractivity contribution in [2.24, 2.45) is 5.41 Å². The first-order chi connectivity index (χ1) is 10.0. The van der Waals surface area contributed by atoms with Crippen molar-refractivity contribution in [2.75, 3.05) is 7.05 Å². The first-order valence-electron chi connectivity index (χ1n) is 8.39. The zero-order valence-electron chi connectivity index (χ0n) is 13.7. The van der Waals surface area contributed by atoms with Crippen LogP contribution in [0, 0.1) is 5.41 Å². The fourth-order valence-electron chi connectivity index (χ4n) is 3.23. The molecule has 0 aromatic carbocycles. The van der Waals surface area contributed by atoms with E-state index in [4.69, 9.17) is 4.98 Å². The number of nitrogens with one attached hydrogen (secondary N) is 1. The third-order valence-corrected chi connectivity index (χ3v) is 5.96. The molecule has 3 rings (SSSR count). The molecule has 1 N–H and O–H groups in total. The van der Waals surface area contributed by atoms with Crippen molar-refractivity contribution < 1.29 is 0 Å². The quantitative estimate of drug-likeness (QED) is 0.866. The van der Waals surface area contributed by atoms with Crippen LogP contribution in [0.4, 0.5) is 0 Å². The summed E-state index contributed by atoms with van der Waals surface area (Å²) >= 11 is 1.81. The van der Waals surface area contributed by atoms with Gasteiger partial charge in [0.25, 0.3) is 0 Å². The summed E-state index contributed by atoms with van der Waals surface area (Å²) in [5, 5.41) is 7.03. The largest absolute Gasteiger partial charge is 0.308 e. The van der Waals surface area contributed by atoms with E-state index in [1.807, 2.05) is 11.3 Å². The zero-order chi connectivity index (χ0) is 14.9. The summed E-state index contributed by atoms with van der Waals surface area (Å²) in [6.07, 6.45) is 8.08. The lowest BCUT2D eigenvalue weighted by Crippen LogP contribution is -2.36. The third kappa shape index (κ3) is 4.51. The van der Waals surface area contributed by atoms with Crippen molar-refractivity contribution in [1.29, 1.82) is 0 Å². The van der Waals surface area contributed by atoms with Crippen molar-refractivity contribution in [1.82, 2.24) is 15.2 Å². The van der Waals surface area contributed by atoms with E-state index in [0.29, 0.717) is 5.41 Å². The number of hydrogen-bond acceptors (Lipinski definition) is 4. The average Bonchev–Trinajstić information content (AvgIpc) is 3.16. The van der Waals surface area contributed by atoms with Gasteiger partial charge in [-0.05, 0) is 51.0 Å². The second kappa shape index (κ2) is 6.35. The van der Waals surface area contributed by atoms with Crippen molar-refractivity contribution in [3.63, 3.8) is 0 Å². The van der Waals surface area contributed by atoms with Crippen molar-refractivity contribution >= 4 is 11.3 Å². The maximum Gasteiger partial charge on any atom is 0.107 e. The van der Waals surface area contributed by atoms with Gasteiger partial charge in [-0.25, -0.2) is 4.98 Å². The van der Waals surface area contributed by atoms with Gasteiger partial charge in [-0.2, -0.15) is 0 Å². The summed E-state index contributed by atoms with van der Waals surface area (Å²) in [4.78, 5) is 7.30. The van der Waals surface area contributed by atoms with Crippen LogP contribution in [0.1, 0.15) is 63.1 Å². The molecule has 0 bridgehead atoms. The number of nitrogens with zero attached hydrogens (tertiary/aromatic N) is 2. The first-order valence-corrected chi connectivity index (χ1v) is 9.27. The lowest BCUT2D eigenvalue weighted by molar-refractivity contribution is 0.122. The summed E-state index contributed by atoms with van der Waals surface area (Å²) < 4.78 is 0. The van der Waals surface area contributed by atoms with Crippen LogP contribution in [0.3, 0.4) is 0 Å². The van der Waals surface area contributed by atoms with Crippen LogP contribution in [-0.4, -0.2) is 29.0 Å². The van der Waals surface area contributed by atoms with E-state index >= 15 is 0 Å². The van der Waals surface area contributed by atoms with Crippen LogP contribution in [-0.2, 0) is 13.1 Å². The summed E-state index contributed by atoms with van der Waals surface area (Å²) in [7, 11) is 2.27. The van der Waals surface area contributed by atoms with E-state index in [-0.39, 0.29) is 0 Å². The van der Waals surface area contributed by atoms with Crippen LogP contribution in [0.25, 0.3) is 0 Å². The molecular weight excluding hydrogens is 278 g/mol. The van der Waals surface area contributed by atoms with Crippen molar-refractivity contribution in [3.05, 3.63) is 16.1 Å². The number of rotatable bonds is 6. The van der Waals surface area contributed by atoms with Gasteiger partial charge in [0, 0.05) is 30.6 Å². The highest BCUT2D eigenvalue weighted by molar-refractivity contribution is 7.09. The molecule has 0 unspecified atom stereocenters. The molecule has 2 aliphatic carbocycles. The highest BCUT2D eigenvalue weighted by atomic mass is 32.1. The Morgan fingerprint density at radius 1 is 1.29 bits per heavy atom. The van der Waals surface area contributed by atoms with Crippen LogP contribution in [0.5, 0.6) is 0 Å². The van der Waals surface area contributed by atoms with E-state index in [0.717, 1.165) is 25.2 Å². The standard InChI is InChI=1S/C17H29N3S/c1-17(2)8-6-15(7-9-17)20(3)11-14-12-21-16(19-14)10-18-13-4-5-13/h12-13,15,18H,4-11H2,1-3H3. The topological polar surface area (TPSA) is 28.2 Å². The highest BCUT2D eigenvalue weighted by Gasteiger charge is 2.29. The molecule has 118 valence electrons. The monoisotopic (exact) mass is 307 g/mol. The smallest absolute Gasteiger partial charge is 0.107 e. The molecule has 1 aromatic rings. The molecule has 0 aliphatic heterocycles. The molecule has 0 radical (unpaired) electrons. The lowest BCUT2D eigenvalue weighted by atomic mass is 9.75. The van der Waals surface area contributed by atoms with E-state index in [2.05, 4.69) is 36.5 Å². The van der Waals surface area contributed by atoms with Gasteiger partial charge in [0.1, 0.15) is 5.01 Å². The fraction of sp³-hybridized carbons (Fsp3) is 0.824. The predicted molar refractivity (Wildman–Crippen MR) is 89.5 cm³/mol. The minimum absolute atomic E-state index is 0.555. The van der Waals surface area contributed by atoms with Crippen molar-refractivity contribution in [2.45, 2.75) is 77.5 Å². The Hall–Kier alpha value is -0.450. The van der Waals surface area contributed by atoms with Gasteiger partial charge in [0.2, 0.25) is 0 Å². The van der Waals surface area contributed by atoms with Crippen LogP contribution < -0.4 is 5.32 Å². The van der Waals surface area contributed by atoms with E-state index in [9.17, 15) is 0 Å². The SMILES string of the molecule is CN(Cc1csc(CNC2CC2)n1)C1CCC(C)(C)CC1. The zero-order valence-corrected chi connectivity index (χ0v) is 14.5. The Kier molecular flexibility index (Phi) is 4.67. The maximum atomic E-state index is 4.79. The molecule has 1 aromatic heterocycles. The number of thiazole rings is 1. The Labute approximate surface area is 133 Å². The van der Waals surface area contributed by atoms with E-state index < -0.39 is 0 Å². The highest BCUT2D eigenvalue weighted by Crippen LogP contribution is 2.36. The molecule has 2 fully saturated rings. The molecule has 1 heterocycles. The second-order valence-electron chi connectivity index (χ2n) is 7.70. The molecule has 0 spiro atoms. The lowest BCUT2D eigenvalue weighted by Gasteiger charge is -2.38. The molecule has 3 nitrogen and oxygen atoms in total. The molecule has 0 saturated heterocycles. The second-order valence-corrected chi connectivity index (χ2v) is 8.64. The maximum absolute atomic E-state index is 4.79. The molecule has 2 aliphatic rings. The summed E-state index contributed by atoms with van der Waals surface area (Å²) in [6, 6.07) is 1.51. The first kappa shape index (κ1) is 15.4. The third-order valence-electron chi connectivity index (χ3n) is 5.06. The molecule has 0 amide bonds. The van der Waals surface area contributed by atoms with Crippen LogP contribution in [0.2, 0.25) is 0 Å². The predicted octanol–water partition coefficient (Wildman–Crippen LogP) is 3.80. The van der Waals surface area contributed by atoms with Gasteiger partial charge in [0.05, 0.1) is 5.69 Å². The number of aromatic nitrogens is 1. The minimum Gasteiger partial charge on any atom is -0.308 e. The molecule has 21 heavy (non-hydrogen) atoms. The van der Waals surface area contributed by atoms with Gasteiger partial charge in [-0.1, -0.05) is 13.8 Å².